The summed E-state index contributed by atoms with van der Waals surface area (Å²) in [5, 5.41) is 19.6. The molecule has 0 saturated carbocycles. The molecule has 0 bridgehead atoms. The van der Waals surface area contributed by atoms with E-state index in [0.717, 1.165) is 11.8 Å². The fourth-order valence-electron chi connectivity index (χ4n) is 2.61. The Kier molecular flexibility index (Phi) is 4.53. The molecule has 0 aliphatic carbocycles. The Morgan fingerprint density at radius 3 is 2.50 bits per heavy atom. The maximum absolute atomic E-state index is 13.3. The lowest BCUT2D eigenvalue weighted by atomic mass is 10.0. The van der Waals surface area contributed by atoms with Crippen LogP contribution in [-0.4, -0.2) is 50.5 Å². The highest BCUT2D eigenvalue weighted by Gasteiger charge is 2.53. The highest BCUT2D eigenvalue weighted by molar-refractivity contribution is 6.02. The number of aromatic nitrogens is 2. The summed E-state index contributed by atoms with van der Waals surface area (Å²) in [6.07, 6.45) is -6.72. The standard InChI is InChI=1S/C16H14F4N4O2/c1-8-2-4-9(5-3-8)12-10(7-21-22-12)14(25)24-16(26,15(19)20)6-11(23-24)13(17)18/h2-5,7,13,15,26H,6H2,1H3,(H,21,22). The van der Waals surface area contributed by atoms with Crippen molar-refractivity contribution in [3.8, 4) is 11.3 Å². The van der Waals surface area contributed by atoms with Gasteiger partial charge >= 0.3 is 0 Å². The molecule has 0 fully saturated rings. The molecule has 0 radical (unpaired) electrons. The maximum atomic E-state index is 13.3. The molecule has 1 aromatic carbocycles. The minimum Gasteiger partial charge on any atom is -0.364 e. The van der Waals surface area contributed by atoms with E-state index in [-0.39, 0.29) is 16.3 Å². The highest BCUT2D eigenvalue weighted by Crippen LogP contribution is 2.35. The van der Waals surface area contributed by atoms with Crippen LogP contribution in [-0.2, 0) is 0 Å². The Balaban J connectivity index is 2.01. The molecule has 2 N–H and O–H groups in total. The summed E-state index contributed by atoms with van der Waals surface area (Å²) in [7, 11) is 0. The SMILES string of the molecule is Cc1ccc(-c2[nH]ncc2C(=O)N2N=C(C(F)F)CC2(O)C(F)F)cc1. The van der Waals surface area contributed by atoms with Gasteiger partial charge in [-0.15, -0.1) is 0 Å². The third-order valence-corrected chi connectivity index (χ3v) is 4.04. The zero-order valence-corrected chi connectivity index (χ0v) is 13.5. The van der Waals surface area contributed by atoms with Gasteiger partial charge in [0.2, 0.25) is 5.72 Å². The van der Waals surface area contributed by atoms with Crippen LogP contribution in [0.5, 0.6) is 0 Å². The number of benzene rings is 1. The van der Waals surface area contributed by atoms with Crippen molar-refractivity contribution in [2.24, 2.45) is 5.10 Å². The first-order valence-electron chi connectivity index (χ1n) is 7.55. The number of carbonyl (C=O) groups excluding carboxylic acids is 1. The molecule has 2 aromatic rings. The minimum absolute atomic E-state index is 0.0156. The molecule has 138 valence electrons. The number of rotatable bonds is 4. The summed E-state index contributed by atoms with van der Waals surface area (Å²) in [4.78, 5) is 12.7. The number of hydrazone groups is 1. The van der Waals surface area contributed by atoms with Gasteiger partial charge in [-0.05, 0) is 6.92 Å². The van der Waals surface area contributed by atoms with Crippen LogP contribution >= 0.6 is 0 Å². The minimum atomic E-state index is -3.49. The zero-order valence-electron chi connectivity index (χ0n) is 13.5. The molecule has 0 spiro atoms. The van der Waals surface area contributed by atoms with Crippen molar-refractivity contribution in [2.45, 2.75) is 31.9 Å². The number of carbonyl (C=O) groups is 1. The largest absolute Gasteiger partial charge is 0.364 e. The molecule has 1 amide bonds. The number of alkyl halides is 4. The summed E-state index contributed by atoms with van der Waals surface area (Å²) in [5.41, 5.74) is -2.60. The topological polar surface area (TPSA) is 81.6 Å². The Labute approximate surface area is 145 Å². The van der Waals surface area contributed by atoms with E-state index in [1.54, 1.807) is 24.3 Å². The molecule has 2 heterocycles. The summed E-state index contributed by atoms with van der Waals surface area (Å²) in [6.45, 7) is 1.86. The van der Waals surface area contributed by atoms with Gasteiger partial charge in [0, 0.05) is 12.0 Å². The quantitative estimate of drug-likeness (QED) is 0.812. The number of amides is 1. The highest BCUT2D eigenvalue weighted by atomic mass is 19.3. The van der Waals surface area contributed by atoms with Gasteiger partial charge in [0.1, 0.15) is 5.71 Å². The lowest BCUT2D eigenvalue weighted by Crippen LogP contribution is -2.51. The Morgan fingerprint density at radius 2 is 1.92 bits per heavy atom. The number of aryl methyl sites for hydroxylation is 1. The number of aromatic amines is 1. The van der Waals surface area contributed by atoms with Gasteiger partial charge in [-0.2, -0.15) is 15.2 Å². The molecule has 3 rings (SSSR count). The monoisotopic (exact) mass is 370 g/mol. The third-order valence-electron chi connectivity index (χ3n) is 4.04. The fraction of sp³-hybridized carbons (Fsp3) is 0.312. The van der Waals surface area contributed by atoms with Crippen LogP contribution in [0.1, 0.15) is 22.3 Å². The normalized spacial score (nSPS) is 20.2. The second-order valence-corrected chi connectivity index (χ2v) is 5.89. The Morgan fingerprint density at radius 1 is 1.27 bits per heavy atom. The van der Waals surface area contributed by atoms with Crippen molar-refractivity contribution in [1.82, 2.24) is 15.2 Å². The molecule has 1 aliphatic heterocycles. The van der Waals surface area contributed by atoms with Crippen LogP contribution in [0.4, 0.5) is 17.6 Å². The van der Waals surface area contributed by atoms with E-state index in [1.807, 2.05) is 6.92 Å². The van der Waals surface area contributed by atoms with Crippen LogP contribution in [0, 0.1) is 6.92 Å². The molecule has 1 aromatic heterocycles. The summed E-state index contributed by atoms with van der Waals surface area (Å²) in [5.74, 6) is -1.16. The number of hydrogen-bond donors (Lipinski definition) is 2. The van der Waals surface area contributed by atoms with E-state index in [1.165, 1.54) is 0 Å². The Bertz CT molecular complexity index is 850. The van der Waals surface area contributed by atoms with Crippen LogP contribution < -0.4 is 0 Å². The lowest BCUT2D eigenvalue weighted by molar-refractivity contribution is -0.164. The summed E-state index contributed by atoms with van der Waals surface area (Å²) >= 11 is 0. The number of H-pyrrole nitrogens is 1. The summed E-state index contributed by atoms with van der Waals surface area (Å²) < 4.78 is 52.3. The van der Waals surface area contributed by atoms with Crippen molar-refractivity contribution in [3.63, 3.8) is 0 Å². The van der Waals surface area contributed by atoms with E-state index in [9.17, 15) is 27.5 Å². The van der Waals surface area contributed by atoms with E-state index < -0.39 is 36.6 Å². The fourth-order valence-corrected chi connectivity index (χ4v) is 2.61. The van der Waals surface area contributed by atoms with Gasteiger partial charge in [0.05, 0.1) is 17.5 Å². The number of nitrogens with one attached hydrogen (secondary N) is 1. The van der Waals surface area contributed by atoms with Crippen molar-refractivity contribution >= 4 is 11.6 Å². The van der Waals surface area contributed by atoms with Crippen LogP contribution in [0.25, 0.3) is 11.3 Å². The van der Waals surface area contributed by atoms with Crippen LogP contribution in [0.3, 0.4) is 0 Å². The van der Waals surface area contributed by atoms with E-state index in [4.69, 9.17) is 0 Å². The summed E-state index contributed by atoms with van der Waals surface area (Å²) in [6, 6.07) is 6.89. The van der Waals surface area contributed by atoms with E-state index >= 15 is 0 Å². The number of hydrogen-bond acceptors (Lipinski definition) is 4. The number of halogens is 4. The first kappa shape index (κ1) is 18.1. The molecule has 26 heavy (non-hydrogen) atoms. The number of nitrogens with zero attached hydrogens (tertiary/aromatic N) is 3. The predicted molar refractivity (Wildman–Crippen MR) is 83.9 cm³/mol. The van der Waals surface area contributed by atoms with Crippen molar-refractivity contribution in [1.29, 1.82) is 0 Å². The third kappa shape index (κ3) is 2.96. The first-order valence-corrected chi connectivity index (χ1v) is 7.55. The van der Waals surface area contributed by atoms with Gasteiger partial charge in [-0.1, -0.05) is 29.8 Å². The smallest absolute Gasteiger partial charge is 0.287 e. The molecule has 10 heteroatoms. The lowest BCUT2D eigenvalue weighted by Gasteiger charge is -2.29. The molecule has 0 saturated heterocycles. The van der Waals surface area contributed by atoms with Crippen molar-refractivity contribution in [3.05, 3.63) is 41.6 Å². The molecule has 1 aliphatic rings. The van der Waals surface area contributed by atoms with Crippen molar-refractivity contribution in [2.75, 3.05) is 0 Å². The predicted octanol–water partition coefficient (Wildman–Crippen LogP) is 2.81. The zero-order chi connectivity index (χ0) is 19.1. The van der Waals surface area contributed by atoms with Gasteiger partial charge in [-0.25, -0.2) is 17.6 Å². The van der Waals surface area contributed by atoms with Crippen LogP contribution in [0.15, 0.2) is 35.6 Å². The molecular weight excluding hydrogens is 356 g/mol. The van der Waals surface area contributed by atoms with Crippen LogP contribution in [0.2, 0.25) is 0 Å². The number of aliphatic hydroxyl groups is 1. The average Bonchev–Trinajstić information content (AvgIpc) is 3.20. The van der Waals surface area contributed by atoms with E-state index in [0.29, 0.717) is 5.56 Å². The Hall–Kier alpha value is -2.75. The van der Waals surface area contributed by atoms with Gasteiger partial charge in [-0.3, -0.25) is 9.89 Å². The van der Waals surface area contributed by atoms with Gasteiger partial charge in [0.25, 0.3) is 18.8 Å². The van der Waals surface area contributed by atoms with Gasteiger partial charge in [0.15, 0.2) is 0 Å². The van der Waals surface area contributed by atoms with Crippen molar-refractivity contribution < 1.29 is 27.5 Å². The average molecular weight is 370 g/mol. The molecule has 1 atom stereocenters. The second kappa shape index (κ2) is 6.52. The van der Waals surface area contributed by atoms with Gasteiger partial charge < -0.3 is 5.11 Å². The first-order chi connectivity index (χ1) is 12.2. The molecule has 6 nitrogen and oxygen atoms in total. The molecule has 1 unspecified atom stereocenters. The second-order valence-electron chi connectivity index (χ2n) is 5.89. The maximum Gasteiger partial charge on any atom is 0.287 e. The molecular formula is C16H14F4N4O2. The van der Waals surface area contributed by atoms with E-state index in [2.05, 4.69) is 15.3 Å².